The summed E-state index contributed by atoms with van der Waals surface area (Å²) in [5.41, 5.74) is 2.13. The van der Waals surface area contributed by atoms with Gasteiger partial charge < -0.3 is 14.4 Å². The van der Waals surface area contributed by atoms with Gasteiger partial charge in [0, 0.05) is 44.2 Å². The van der Waals surface area contributed by atoms with Crippen LogP contribution in [0.2, 0.25) is 5.02 Å². The molecule has 0 radical (unpaired) electrons. The molecule has 0 aliphatic carbocycles. The van der Waals surface area contributed by atoms with E-state index in [0.29, 0.717) is 18.1 Å². The quantitative estimate of drug-likeness (QED) is 0.585. The second-order valence-corrected chi connectivity index (χ2v) is 8.07. The van der Waals surface area contributed by atoms with E-state index in [1.54, 1.807) is 7.11 Å². The molecule has 0 bridgehead atoms. The summed E-state index contributed by atoms with van der Waals surface area (Å²) in [5, 5.41) is 0.710. The smallest absolute Gasteiger partial charge is 0.222 e. The van der Waals surface area contributed by atoms with Gasteiger partial charge in [-0.1, -0.05) is 42.8 Å². The number of carbonyl (C=O) groups excluding carboxylic acids is 1. The van der Waals surface area contributed by atoms with E-state index in [1.807, 2.05) is 54.3 Å². The standard InChI is InChI=1S/C24H31ClN2O3/c1-3-6-24(28)27-13-11-26(12-14-27)17-23(20-8-5-10-22(16-20)29-2)30-18-19-7-4-9-21(25)15-19/h4-5,7-10,15-16,23H,3,6,11-14,17-18H2,1-2H3. The van der Waals surface area contributed by atoms with Gasteiger partial charge >= 0.3 is 0 Å². The summed E-state index contributed by atoms with van der Waals surface area (Å²) in [6.45, 7) is 6.56. The molecule has 2 aromatic rings. The van der Waals surface area contributed by atoms with Crippen molar-refractivity contribution >= 4 is 17.5 Å². The van der Waals surface area contributed by atoms with Crippen LogP contribution in [0.1, 0.15) is 37.0 Å². The lowest BCUT2D eigenvalue weighted by Crippen LogP contribution is -2.49. The van der Waals surface area contributed by atoms with Crippen molar-refractivity contribution in [2.75, 3.05) is 39.8 Å². The lowest BCUT2D eigenvalue weighted by molar-refractivity contribution is -0.133. The number of methoxy groups -OCH3 is 1. The molecule has 5 nitrogen and oxygen atoms in total. The van der Waals surface area contributed by atoms with Crippen molar-refractivity contribution in [3.63, 3.8) is 0 Å². The van der Waals surface area contributed by atoms with E-state index in [0.717, 1.165) is 56.0 Å². The number of piperazine rings is 1. The van der Waals surface area contributed by atoms with Crippen LogP contribution >= 0.6 is 11.6 Å². The second kappa shape index (κ2) is 11.3. The van der Waals surface area contributed by atoms with E-state index in [2.05, 4.69) is 11.0 Å². The average molecular weight is 431 g/mol. The molecule has 0 spiro atoms. The summed E-state index contributed by atoms with van der Waals surface area (Å²) < 4.78 is 11.8. The summed E-state index contributed by atoms with van der Waals surface area (Å²) in [6, 6.07) is 15.8. The maximum atomic E-state index is 12.2. The van der Waals surface area contributed by atoms with Crippen LogP contribution in [0, 0.1) is 0 Å². The highest BCUT2D eigenvalue weighted by molar-refractivity contribution is 6.30. The molecule has 1 amide bonds. The first-order chi connectivity index (χ1) is 14.6. The number of ether oxygens (including phenoxy) is 2. The topological polar surface area (TPSA) is 42.0 Å². The Hall–Kier alpha value is -2.08. The van der Waals surface area contributed by atoms with Crippen molar-refractivity contribution < 1.29 is 14.3 Å². The zero-order valence-electron chi connectivity index (χ0n) is 17.9. The summed E-state index contributed by atoms with van der Waals surface area (Å²) >= 11 is 6.12. The van der Waals surface area contributed by atoms with Crippen molar-refractivity contribution in [3.8, 4) is 5.75 Å². The SMILES string of the molecule is CCCC(=O)N1CCN(CC(OCc2cccc(Cl)c2)c2cccc(OC)c2)CC1. The van der Waals surface area contributed by atoms with Crippen molar-refractivity contribution in [2.45, 2.75) is 32.5 Å². The highest BCUT2D eigenvalue weighted by Gasteiger charge is 2.24. The lowest BCUT2D eigenvalue weighted by Gasteiger charge is -2.36. The number of benzene rings is 2. The van der Waals surface area contributed by atoms with Gasteiger partial charge in [0.15, 0.2) is 0 Å². The van der Waals surface area contributed by atoms with E-state index in [-0.39, 0.29) is 12.0 Å². The lowest BCUT2D eigenvalue weighted by atomic mass is 10.1. The van der Waals surface area contributed by atoms with Crippen molar-refractivity contribution in [1.29, 1.82) is 0 Å². The molecule has 1 unspecified atom stereocenters. The number of hydrogen-bond acceptors (Lipinski definition) is 4. The maximum Gasteiger partial charge on any atom is 0.222 e. The number of hydrogen-bond donors (Lipinski definition) is 0. The van der Waals surface area contributed by atoms with E-state index in [1.165, 1.54) is 0 Å². The zero-order chi connectivity index (χ0) is 21.3. The normalized spacial score (nSPS) is 15.8. The minimum Gasteiger partial charge on any atom is -0.497 e. The van der Waals surface area contributed by atoms with Gasteiger partial charge in [0.1, 0.15) is 5.75 Å². The first-order valence-electron chi connectivity index (χ1n) is 10.6. The largest absolute Gasteiger partial charge is 0.497 e. The third kappa shape index (κ3) is 6.46. The highest BCUT2D eigenvalue weighted by atomic mass is 35.5. The molecule has 0 aromatic heterocycles. The Morgan fingerprint density at radius 2 is 1.87 bits per heavy atom. The number of nitrogens with zero attached hydrogens (tertiary/aromatic N) is 2. The van der Waals surface area contributed by atoms with Gasteiger partial charge in [-0.3, -0.25) is 9.69 Å². The summed E-state index contributed by atoms with van der Waals surface area (Å²) in [7, 11) is 1.67. The Balaban J connectivity index is 1.66. The fourth-order valence-corrected chi connectivity index (χ4v) is 3.92. The molecule has 1 aliphatic heterocycles. The van der Waals surface area contributed by atoms with Crippen LogP contribution < -0.4 is 4.74 Å². The third-order valence-corrected chi connectivity index (χ3v) is 5.65. The molecule has 1 saturated heterocycles. The number of rotatable bonds is 9. The van der Waals surface area contributed by atoms with Crippen molar-refractivity contribution in [3.05, 3.63) is 64.7 Å². The highest BCUT2D eigenvalue weighted by Crippen LogP contribution is 2.25. The van der Waals surface area contributed by atoms with E-state index in [9.17, 15) is 4.79 Å². The Kier molecular flexibility index (Phi) is 8.55. The molecule has 1 heterocycles. The van der Waals surface area contributed by atoms with Gasteiger partial charge in [0.2, 0.25) is 5.91 Å². The van der Waals surface area contributed by atoms with Gasteiger partial charge in [0.05, 0.1) is 19.8 Å². The van der Waals surface area contributed by atoms with Crippen LogP contribution in [0.5, 0.6) is 5.75 Å². The second-order valence-electron chi connectivity index (χ2n) is 7.64. The molecule has 30 heavy (non-hydrogen) atoms. The predicted molar refractivity (Wildman–Crippen MR) is 120 cm³/mol. The van der Waals surface area contributed by atoms with Crippen molar-refractivity contribution in [1.82, 2.24) is 9.80 Å². The van der Waals surface area contributed by atoms with Gasteiger partial charge in [-0.15, -0.1) is 0 Å². The number of carbonyl (C=O) groups is 1. The molecule has 2 aromatic carbocycles. The molecule has 1 fully saturated rings. The third-order valence-electron chi connectivity index (χ3n) is 5.42. The van der Waals surface area contributed by atoms with Crippen LogP contribution in [0.25, 0.3) is 0 Å². The van der Waals surface area contributed by atoms with Gasteiger partial charge in [-0.25, -0.2) is 0 Å². The monoisotopic (exact) mass is 430 g/mol. The van der Waals surface area contributed by atoms with Gasteiger partial charge in [0.25, 0.3) is 0 Å². The molecule has 0 saturated carbocycles. The maximum absolute atomic E-state index is 12.2. The van der Waals surface area contributed by atoms with Crippen LogP contribution in [0.3, 0.4) is 0 Å². The number of halogens is 1. The molecular formula is C24H31ClN2O3. The van der Waals surface area contributed by atoms with Crippen LogP contribution in [0.4, 0.5) is 0 Å². The average Bonchev–Trinajstić information content (AvgIpc) is 2.77. The molecule has 6 heteroatoms. The van der Waals surface area contributed by atoms with Crippen molar-refractivity contribution in [2.24, 2.45) is 0 Å². The first-order valence-corrected chi connectivity index (χ1v) is 11.0. The minimum atomic E-state index is -0.100. The van der Waals surface area contributed by atoms with Crippen LogP contribution in [-0.4, -0.2) is 55.5 Å². The van der Waals surface area contributed by atoms with Crippen LogP contribution in [-0.2, 0) is 16.1 Å². The fourth-order valence-electron chi connectivity index (χ4n) is 3.71. The molecule has 0 N–H and O–H groups in total. The first kappa shape index (κ1) is 22.6. The Morgan fingerprint density at radius 3 is 2.57 bits per heavy atom. The van der Waals surface area contributed by atoms with Gasteiger partial charge in [-0.05, 0) is 41.8 Å². The van der Waals surface area contributed by atoms with E-state index >= 15 is 0 Å². The van der Waals surface area contributed by atoms with Gasteiger partial charge in [-0.2, -0.15) is 0 Å². The van der Waals surface area contributed by atoms with E-state index < -0.39 is 0 Å². The summed E-state index contributed by atoms with van der Waals surface area (Å²) in [4.78, 5) is 16.5. The molecule has 162 valence electrons. The minimum absolute atomic E-state index is 0.100. The summed E-state index contributed by atoms with van der Waals surface area (Å²) in [6.07, 6.45) is 1.43. The fraction of sp³-hybridized carbons (Fsp3) is 0.458. The molecule has 1 atom stereocenters. The Bertz CT molecular complexity index is 822. The molecule has 1 aliphatic rings. The Morgan fingerprint density at radius 1 is 1.10 bits per heavy atom. The molecule has 3 rings (SSSR count). The Labute approximate surface area is 184 Å². The van der Waals surface area contributed by atoms with E-state index in [4.69, 9.17) is 21.1 Å². The number of amides is 1. The molecular weight excluding hydrogens is 400 g/mol. The summed E-state index contributed by atoms with van der Waals surface area (Å²) in [5.74, 6) is 1.08. The van der Waals surface area contributed by atoms with Crippen LogP contribution in [0.15, 0.2) is 48.5 Å². The predicted octanol–water partition coefficient (Wildman–Crippen LogP) is 4.55. The zero-order valence-corrected chi connectivity index (χ0v) is 18.6.